The Morgan fingerprint density at radius 3 is 1.02 bits per heavy atom. The molecule has 0 spiro atoms. The van der Waals surface area contributed by atoms with Gasteiger partial charge in [-0.25, -0.2) is 0 Å². The Morgan fingerprint density at radius 1 is 0.386 bits per heavy atom. The largest absolute Gasteiger partial charge is 0.394 e. The zero-order chi connectivity index (χ0) is 60.2. The standard InChI is InChI=1S/C69H135NO13/c1-3-5-7-9-11-13-15-17-19-21-23-25-27-29-31-33-35-37-39-41-43-45-47-49-51-53-61(74)70-57(56-80-68-66(79)64(77)67(60(55-72)82-68)83-69-65(78)63(76)62(75)59(54-71)81-69)58(73)52-50-48-46-44-42-40-38-36-34-32-30-28-26-24-22-20-18-16-14-12-10-8-6-4-2/h57-60,62-69,71-73,75-79H,3-56H2,1-2H3,(H,70,74). The van der Waals surface area contributed by atoms with Gasteiger partial charge in [-0.15, -0.1) is 0 Å². The van der Waals surface area contributed by atoms with Crippen LogP contribution in [0.5, 0.6) is 0 Å². The molecule has 0 bridgehead atoms. The summed E-state index contributed by atoms with van der Waals surface area (Å²) in [5.74, 6) is -0.197. The maximum Gasteiger partial charge on any atom is 0.220 e. The van der Waals surface area contributed by atoms with Crippen molar-refractivity contribution < 1.29 is 64.6 Å². The van der Waals surface area contributed by atoms with E-state index < -0.39 is 86.8 Å². The summed E-state index contributed by atoms with van der Waals surface area (Å²) >= 11 is 0. The molecule has 2 rings (SSSR count). The highest BCUT2D eigenvalue weighted by molar-refractivity contribution is 5.76. The van der Waals surface area contributed by atoms with Crippen molar-refractivity contribution in [3.63, 3.8) is 0 Å². The number of hydrogen-bond donors (Lipinski definition) is 9. The highest BCUT2D eigenvalue weighted by Gasteiger charge is 2.51. The fraction of sp³-hybridized carbons (Fsp3) is 0.986. The SMILES string of the molecule is CCCCCCCCCCCCCCCCCCCCCCCCCCCC(=O)NC(COC1OC(CO)C(OC2OC(CO)C(O)C(O)C2O)C(O)C1O)C(O)CCCCCCCCCCCCCCCCCCCCCCCCCC. The van der Waals surface area contributed by atoms with Crippen LogP contribution in [0.25, 0.3) is 0 Å². The first-order chi connectivity index (χ1) is 40.6. The normalized spacial score (nSPS) is 23.7. The molecule has 0 radical (unpaired) electrons. The van der Waals surface area contributed by atoms with Gasteiger partial charge in [0.1, 0.15) is 48.8 Å². The lowest BCUT2D eigenvalue weighted by Gasteiger charge is -2.46. The number of aliphatic hydroxyl groups is 8. The average Bonchev–Trinajstić information content (AvgIpc) is 3.65. The van der Waals surface area contributed by atoms with Crippen molar-refractivity contribution in [3.8, 4) is 0 Å². The monoisotopic (exact) mass is 1190 g/mol. The molecule has 14 heteroatoms. The highest BCUT2D eigenvalue weighted by atomic mass is 16.7. The lowest BCUT2D eigenvalue weighted by Crippen LogP contribution is -2.65. The van der Waals surface area contributed by atoms with Gasteiger partial charge in [0.05, 0.1) is 32.0 Å². The first-order valence-corrected chi connectivity index (χ1v) is 35.8. The first kappa shape index (κ1) is 78.1. The van der Waals surface area contributed by atoms with Crippen LogP contribution in [0.15, 0.2) is 0 Å². The van der Waals surface area contributed by atoms with Crippen LogP contribution in [0, 0.1) is 0 Å². The van der Waals surface area contributed by atoms with Crippen LogP contribution >= 0.6 is 0 Å². The van der Waals surface area contributed by atoms with Gasteiger partial charge in [-0.1, -0.05) is 322 Å². The highest BCUT2D eigenvalue weighted by Crippen LogP contribution is 2.30. The second-order valence-electron chi connectivity index (χ2n) is 25.7. The molecule has 1 amide bonds. The van der Waals surface area contributed by atoms with Crippen molar-refractivity contribution >= 4 is 5.91 Å². The van der Waals surface area contributed by atoms with E-state index >= 15 is 0 Å². The van der Waals surface area contributed by atoms with Crippen LogP contribution in [0.3, 0.4) is 0 Å². The van der Waals surface area contributed by atoms with E-state index in [9.17, 15) is 45.6 Å². The van der Waals surface area contributed by atoms with E-state index in [2.05, 4.69) is 19.2 Å². The quantitative estimate of drug-likeness (QED) is 0.0259. The number of carbonyl (C=O) groups is 1. The van der Waals surface area contributed by atoms with E-state index in [0.717, 1.165) is 51.4 Å². The summed E-state index contributed by atoms with van der Waals surface area (Å²) in [6, 6.07) is -0.824. The van der Waals surface area contributed by atoms with Crippen molar-refractivity contribution in [3.05, 3.63) is 0 Å². The van der Waals surface area contributed by atoms with E-state index in [1.807, 2.05) is 0 Å². The summed E-state index contributed by atoms with van der Waals surface area (Å²) in [4.78, 5) is 13.4. The predicted octanol–water partition coefficient (Wildman–Crippen LogP) is 14.4. The number of amides is 1. The maximum absolute atomic E-state index is 13.4. The third kappa shape index (κ3) is 39.6. The fourth-order valence-electron chi connectivity index (χ4n) is 12.4. The molecule has 12 unspecified atom stereocenters. The smallest absolute Gasteiger partial charge is 0.220 e. The number of carbonyl (C=O) groups excluding carboxylic acids is 1. The number of rotatable bonds is 60. The van der Waals surface area contributed by atoms with Gasteiger partial charge in [0.15, 0.2) is 12.6 Å². The van der Waals surface area contributed by atoms with Crippen molar-refractivity contribution in [2.45, 2.75) is 415 Å². The Kier molecular flexibility index (Phi) is 51.8. The third-order valence-corrected chi connectivity index (χ3v) is 18.1. The first-order valence-electron chi connectivity index (χ1n) is 35.8. The molecule has 2 aliphatic rings. The molecule has 494 valence electrons. The van der Waals surface area contributed by atoms with Gasteiger partial charge in [0, 0.05) is 6.42 Å². The molecule has 2 heterocycles. The zero-order valence-electron chi connectivity index (χ0n) is 53.7. The average molecular weight is 1190 g/mol. The lowest BCUT2D eigenvalue weighted by molar-refractivity contribution is -0.359. The van der Waals surface area contributed by atoms with Gasteiger partial charge in [-0.05, 0) is 12.8 Å². The molecule has 14 nitrogen and oxygen atoms in total. The number of unbranched alkanes of at least 4 members (excludes halogenated alkanes) is 47. The van der Waals surface area contributed by atoms with Crippen molar-refractivity contribution in [1.29, 1.82) is 0 Å². The van der Waals surface area contributed by atoms with Gasteiger partial charge in [0.2, 0.25) is 5.91 Å². The van der Waals surface area contributed by atoms with Gasteiger partial charge in [-0.3, -0.25) is 4.79 Å². The Bertz CT molecular complexity index is 1400. The van der Waals surface area contributed by atoms with Crippen molar-refractivity contribution in [1.82, 2.24) is 5.32 Å². The van der Waals surface area contributed by atoms with Crippen LogP contribution in [0.2, 0.25) is 0 Å². The van der Waals surface area contributed by atoms with Crippen LogP contribution in [0.1, 0.15) is 341 Å². The minimum Gasteiger partial charge on any atom is -0.394 e. The molecule has 9 N–H and O–H groups in total. The number of aliphatic hydroxyl groups excluding tert-OH is 8. The molecule has 2 aliphatic heterocycles. The Hall–Kier alpha value is -1.01. The lowest BCUT2D eigenvalue weighted by atomic mass is 9.97. The van der Waals surface area contributed by atoms with Gasteiger partial charge in [0.25, 0.3) is 0 Å². The summed E-state index contributed by atoms with van der Waals surface area (Å²) in [7, 11) is 0. The molecular formula is C69H135NO13. The topological polar surface area (TPSA) is 228 Å². The van der Waals surface area contributed by atoms with Gasteiger partial charge in [-0.2, -0.15) is 0 Å². The van der Waals surface area contributed by atoms with E-state index in [1.54, 1.807) is 0 Å². The molecule has 2 saturated heterocycles. The van der Waals surface area contributed by atoms with Crippen LogP contribution in [0.4, 0.5) is 0 Å². The summed E-state index contributed by atoms with van der Waals surface area (Å²) < 4.78 is 22.9. The summed E-state index contributed by atoms with van der Waals surface area (Å²) in [5.41, 5.74) is 0. The summed E-state index contributed by atoms with van der Waals surface area (Å²) in [6.45, 7) is 2.93. The van der Waals surface area contributed by atoms with Gasteiger partial charge < -0.3 is 65.1 Å². The number of ether oxygens (including phenoxy) is 4. The summed E-state index contributed by atoms with van der Waals surface area (Å²) in [5, 5.41) is 87.6. The van der Waals surface area contributed by atoms with Crippen molar-refractivity contribution in [2.24, 2.45) is 0 Å². The second kappa shape index (κ2) is 55.1. The Labute approximate surface area is 508 Å². The molecule has 83 heavy (non-hydrogen) atoms. The van der Waals surface area contributed by atoms with E-state index in [1.165, 1.54) is 263 Å². The Morgan fingerprint density at radius 2 is 0.687 bits per heavy atom. The Balaban J connectivity index is 1.66. The molecule has 0 aromatic rings. The second-order valence-corrected chi connectivity index (χ2v) is 25.7. The van der Waals surface area contributed by atoms with Crippen molar-refractivity contribution in [2.75, 3.05) is 19.8 Å². The fourth-order valence-corrected chi connectivity index (χ4v) is 12.4. The zero-order valence-corrected chi connectivity index (χ0v) is 53.7. The summed E-state index contributed by atoms with van der Waals surface area (Å²) in [6.07, 6.45) is 48.3. The minimum absolute atomic E-state index is 0.197. The predicted molar refractivity (Wildman–Crippen MR) is 337 cm³/mol. The molecular weight excluding hydrogens is 1050 g/mol. The maximum atomic E-state index is 13.4. The van der Waals surface area contributed by atoms with Crippen LogP contribution < -0.4 is 5.32 Å². The van der Waals surface area contributed by atoms with Gasteiger partial charge >= 0.3 is 0 Å². The minimum atomic E-state index is -1.78. The number of hydrogen-bond acceptors (Lipinski definition) is 13. The third-order valence-electron chi connectivity index (χ3n) is 18.1. The molecule has 0 saturated carbocycles. The molecule has 0 aromatic heterocycles. The van der Waals surface area contributed by atoms with E-state index in [-0.39, 0.29) is 12.5 Å². The molecule has 12 atom stereocenters. The number of nitrogens with one attached hydrogen (secondary N) is 1. The van der Waals surface area contributed by atoms with Crippen LogP contribution in [-0.4, -0.2) is 140 Å². The van der Waals surface area contributed by atoms with E-state index in [4.69, 9.17) is 18.9 Å². The van der Waals surface area contributed by atoms with Crippen LogP contribution in [-0.2, 0) is 23.7 Å². The molecule has 0 aromatic carbocycles. The molecule has 0 aliphatic carbocycles. The molecule has 2 fully saturated rings. The van der Waals surface area contributed by atoms with E-state index in [0.29, 0.717) is 12.8 Å².